The number of halogens is 1. The number of nitrogens with zero attached hydrogens (tertiary/aromatic N) is 3. The Labute approximate surface area is 110 Å². The van der Waals surface area contributed by atoms with Crippen molar-refractivity contribution in [3.05, 3.63) is 29.8 Å². The van der Waals surface area contributed by atoms with Gasteiger partial charge in [-0.1, -0.05) is 0 Å². The van der Waals surface area contributed by atoms with Gasteiger partial charge in [0.2, 0.25) is 0 Å². The fourth-order valence-electron chi connectivity index (χ4n) is 2.73. The molecule has 1 aliphatic carbocycles. The molecule has 0 atom stereocenters. The highest BCUT2D eigenvalue weighted by molar-refractivity contribution is 5.76. The van der Waals surface area contributed by atoms with Crippen LogP contribution in [-0.2, 0) is 6.42 Å². The van der Waals surface area contributed by atoms with Crippen LogP contribution in [0.5, 0.6) is 0 Å². The van der Waals surface area contributed by atoms with Gasteiger partial charge in [-0.2, -0.15) is 5.26 Å². The zero-order chi connectivity index (χ0) is 13.4. The second-order valence-corrected chi connectivity index (χ2v) is 5.02. The summed E-state index contributed by atoms with van der Waals surface area (Å²) in [6.07, 6.45) is 2.30. The third-order valence-electron chi connectivity index (χ3n) is 3.75. The number of benzene rings is 1. The Morgan fingerprint density at radius 3 is 2.95 bits per heavy atom. The number of imidazole rings is 1. The average molecular weight is 258 g/mol. The van der Waals surface area contributed by atoms with Gasteiger partial charge in [0, 0.05) is 12.5 Å². The molecule has 3 rings (SSSR count). The lowest BCUT2D eigenvalue weighted by Crippen LogP contribution is -2.27. The highest BCUT2D eigenvalue weighted by Crippen LogP contribution is 2.40. The van der Waals surface area contributed by atoms with Crippen LogP contribution in [0.15, 0.2) is 18.2 Å². The van der Waals surface area contributed by atoms with E-state index in [2.05, 4.69) is 15.6 Å². The monoisotopic (exact) mass is 258 g/mol. The molecule has 19 heavy (non-hydrogen) atoms. The summed E-state index contributed by atoms with van der Waals surface area (Å²) in [5.74, 6) is 0.746. The smallest absolute Gasteiger partial charge is 0.125 e. The first-order valence-corrected chi connectivity index (χ1v) is 6.49. The van der Waals surface area contributed by atoms with E-state index in [0.717, 1.165) is 29.7 Å². The van der Waals surface area contributed by atoms with Gasteiger partial charge < -0.3 is 10.3 Å². The van der Waals surface area contributed by atoms with Gasteiger partial charge in [-0.15, -0.1) is 0 Å². The van der Waals surface area contributed by atoms with E-state index in [4.69, 9.17) is 11.0 Å². The van der Waals surface area contributed by atoms with E-state index >= 15 is 0 Å². The zero-order valence-corrected chi connectivity index (χ0v) is 10.5. The van der Waals surface area contributed by atoms with Gasteiger partial charge in [0.05, 0.1) is 23.0 Å². The Kier molecular flexibility index (Phi) is 2.96. The first kappa shape index (κ1) is 12.1. The number of hydrogen-bond donors (Lipinski definition) is 1. The van der Waals surface area contributed by atoms with Crippen molar-refractivity contribution in [3.8, 4) is 6.07 Å². The molecular formula is C14H15FN4. The van der Waals surface area contributed by atoms with Gasteiger partial charge in [-0.05, 0) is 37.6 Å². The normalized spacial score (nSPS) is 22.2. The standard InChI is InChI=1S/C14H15FN4/c15-10-1-2-12-13(7-10)19(14(18-12)3-4-16)11-5-9(6-11)8-17/h1-2,7,9,11H,3-6,16H2. The van der Waals surface area contributed by atoms with Gasteiger partial charge >= 0.3 is 0 Å². The second kappa shape index (κ2) is 4.63. The second-order valence-electron chi connectivity index (χ2n) is 5.02. The molecule has 1 fully saturated rings. The van der Waals surface area contributed by atoms with Crippen molar-refractivity contribution in [3.63, 3.8) is 0 Å². The number of nitrogens with two attached hydrogens (primary N) is 1. The molecular weight excluding hydrogens is 243 g/mol. The van der Waals surface area contributed by atoms with Crippen LogP contribution in [0, 0.1) is 23.1 Å². The van der Waals surface area contributed by atoms with Crippen LogP contribution in [0.1, 0.15) is 24.7 Å². The maximum Gasteiger partial charge on any atom is 0.125 e. The van der Waals surface area contributed by atoms with E-state index < -0.39 is 0 Å². The number of aromatic nitrogens is 2. The molecule has 2 aromatic rings. The molecule has 0 saturated heterocycles. The minimum Gasteiger partial charge on any atom is -0.330 e. The summed E-state index contributed by atoms with van der Waals surface area (Å²) in [5, 5.41) is 8.88. The van der Waals surface area contributed by atoms with E-state index in [0.29, 0.717) is 13.0 Å². The van der Waals surface area contributed by atoms with Crippen LogP contribution in [0.2, 0.25) is 0 Å². The predicted octanol–water partition coefficient (Wildman–Crippen LogP) is 2.15. The summed E-state index contributed by atoms with van der Waals surface area (Å²) in [7, 11) is 0. The number of fused-ring (bicyclic) bond motifs is 1. The molecule has 1 saturated carbocycles. The molecule has 5 heteroatoms. The molecule has 0 bridgehead atoms. The Morgan fingerprint density at radius 2 is 2.26 bits per heavy atom. The van der Waals surface area contributed by atoms with Gasteiger partial charge in [0.1, 0.15) is 11.6 Å². The quantitative estimate of drug-likeness (QED) is 0.917. The third kappa shape index (κ3) is 1.98. The summed E-state index contributed by atoms with van der Waals surface area (Å²) >= 11 is 0. The Balaban J connectivity index is 2.06. The summed E-state index contributed by atoms with van der Waals surface area (Å²) in [6.45, 7) is 0.514. The van der Waals surface area contributed by atoms with E-state index in [-0.39, 0.29) is 17.8 Å². The van der Waals surface area contributed by atoms with E-state index in [9.17, 15) is 4.39 Å². The van der Waals surface area contributed by atoms with Crippen LogP contribution in [0.25, 0.3) is 11.0 Å². The minimum absolute atomic E-state index is 0.113. The predicted molar refractivity (Wildman–Crippen MR) is 69.8 cm³/mol. The maximum absolute atomic E-state index is 13.4. The van der Waals surface area contributed by atoms with E-state index in [1.165, 1.54) is 12.1 Å². The number of nitriles is 1. The zero-order valence-electron chi connectivity index (χ0n) is 10.5. The SMILES string of the molecule is N#CC1CC(n2c(CCN)nc3ccc(F)cc32)C1. The van der Waals surface area contributed by atoms with Crippen molar-refractivity contribution in [1.29, 1.82) is 5.26 Å². The first-order chi connectivity index (χ1) is 9.22. The van der Waals surface area contributed by atoms with Crippen LogP contribution in [-0.4, -0.2) is 16.1 Å². The van der Waals surface area contributed by atoms with Gasteiger partial charge in [-0.25, -0.2) is 9.37 Å². The molecule has 0 spiro atoms. The molecule has 4 nitrogen and oxygen atoms in total. The van der Waals surface area contributed by atoms with Crippen LogP contribution >= 0.6 is 0 Å². The van der Waals surface area contributed by atoms with Crippen molar-refractivity contribution in [2.24, 2.45) is 11.7 Å². The summed E-state index contributed by atoms with van der Waals surface area (Å²) in [5.41, 5.74) is 7.22. The highest BCUT2D eigenvalue weighted by atomic mass is 19.1. The molecule has 1 aliphatic rings. The number of rotatable bonds is 3. The molecule has 1 aromatic heterocycles. The lowest BCUT2D eigenvalue weighted by atomic mass is 9.81. The third-order valence-corrected chi connectivity index (χ3v) is 3.75. The Hall–Kier alpha value is -1.93. The van der Waals surface area contributed by atoms with Gasteiger partial charge in [-0.3, -0.25) is 0 Å². The fraction of sp³-hybridized carbons (Fsp3) is 0.429. The lowest BCUT2D eigenvalue weighted by molar-refractivity contribution is 0.248. The summed E-state index contributed by atoms with van der Waals surface area (Å²) in [6, 6.07) is 7.15. The molecule has 0 radical (unpaired) electrons. The van der Waals surface area contributed by atoms with Gasteiger partial charge in [0.25, 0.3) is 0 Å². The summed E-state index contributed by atoms with van der Waals surface area (Å²) in [4.78, 5) is 4.53. The average Bonchev–Trinajstić information content (AvgIpc) is 2.67. The maximum atomic E-state index is 13.4. The van der Waals surface area contributed by atoms with Crippen molar-refractivity contribution >= 4 is 11.0 Å². The Bertz CT molecular complexity index is 649. The van der Waals surface area contributed by atoms with Crippen molar-refractivity contribution in [2.45, 2.75) is 25.3 Å². The molecule has 2 N–H and O–H groups in total. The Morgan fingerprint density at radius 1 is 1.47 bits per heavy atom. The van der Waals surface area contributed by atoms with Crippen molar-refractivity contribution in [1.82, 2.24) is 9.55 Å². The highest BCUT2D eigenvalue weighted by Gasteiger charge is 2.32. The van der Waals surface area contributed by atoms with E-state index in [1.54, 1.807) is 6.07 Å². The van der Waals surface area contributed by atoms with Crippen LogP contribution in [0.4, 0.5) is 4.39 Å². The van der Waals surface area contributed by atoms with E-state index in [1.807, 2.05) is 0 Å². The molecule has 98 valence electrons. The molecule has 1 heterocycles. The van der Waals surface area contributed by atoms with Crippen LogP contribution in [0.3, 0.4) is 0 Å². The first-order valence-electron chi connectivity index (χ1n) is 6.49. The van der Waals surface area contributed by atoms with Crippen molar-refractivity contribution < 1.29 is 4.39 Å². The number of hydrogen-bond acceptors (Lipinski definition) is 3. The lowest BCUT2D eigenvalue weighted by Gasteiger charge is -2.33. The molecule has 0 aliphatic heterocycles. The molecule has 1 aromatic carbocycles. The van der Waals surface area contributed by atoms with Gasteiger partial charge in [0.15, 0.2) is 0 Å². The summed E-state index contributed by atoms with van der Waals surface area (Å²) < 4.78 is 15.5. The molecule has 0 amide bonds. The topological polar surface area (TPSA) is 67.6 Å². The fourth-order valence-corrected chi connectivity index (χ4v) is 2.73. The minimum atomic E-state index is -0.260. The van der Waals surface area contributed by atoms with Crippen molar-refractivity contribution in [2.75, 3.05) is 6.54 Å². The largest absolute Gasteiger partial charge is 0.330 e. The molecule has 0 unspecified atom stereocenters. The van der Waals surface area contributed by atoms with Crippen LogP contribution < -0.4 is 5.73 Å².